The van der Waals surface area contributed by atoms with Crippen LogP contribution in [0.25, 0.3) is 11.1 Å². The Morgan fingerprint density at radius 2 is 1.66 bits per heavy atom. The number of carboxylic acids is 1. The van der Waals surface area contributed by atoms with Crippen LogP contribution in [0.4, 0.5) is 4.79 Å². The van der Waals surface area contributed by atoms with Crippen molar-refractivity contribution >= 4 is 18.0 Å². The van der Waals surface area contributed by atoms with E-state index >= 15 is 0 Å². The summed E-state index contributed by atoms with van der Waals surface area (Å²) >= 11 is 0. The van der Waals surface area contributed by atoms with E-state index < -0.39 is 18.1 Å². The van der Waals surface area contributed by atoms with Crippen molar-refractivity contribution < 1.29 is 24.2 Å². The Kier molecular flexibility index (Phi) is 7.73. The molecule has 0 saturated heterocycles. The molecule has 0 heterocycles. The van der Waals surface area contributed by atoms with Crippen LogP contribution in [0.5, 0.6) is 0 Å². The second-order valence-electron chi connectivity index (χ2n) is 9.74. The third kappa shape index (κ3) is 5.50. The Morgan fingerprint density at radius 1 is 1.03 bits per heavy atom. The number of amides is 2. The molecule has 2 amide bonds. The van der Waals surface area contributed by atoms with Crippen LogP contribution in [-0.4, -0.2) is 41.8 Å². The molecule has 7 nitrogen and oxygen atoms in total. The van der Waals surface area contributed by atoms with E-state index in [1.54, 1.807) is 0 Å². The maximum Gasteiger partial charge on any atom is 0.407 e. The molecule has 4 rings (SSSR count). The molecule has 186 valence electrons. The fraction of sp³-hybridized carbons (Fsp3) is 0.464. The summed E-state index contributed by atoms with van der Waals surface area (Å²) in [5.74, 6) is -1.76. The van der Waals surface area contributed by atoms with Crippen LogP contribution in [0.1, 0.15) is 63.0 Å². The van der Waals surface area contributed by atoms with E-state index in [2.05, 4.69) is 34.9 Å². The van der Waals surface area contributed by atoms with Gasteiger partial charge in [0.05, 0.1) is 0 Å². The van der Waals surface area contributed by atoms with E-state index in [1.807, 2.05) is 38.1 Å². The van der Waals surface area contributed by atoms with Crippen molar-refractivity contribution in [3.63, 3.8) is 0 Å². The van der Waals surface area contributed by atoms with Gasteiger partial charge in [-0.2, -0.15) is 0 Å². The summed E-state index contributed by atoms with van der Waals surface area (Å²) in [5.41, 5.74) is 4.67. The number of hydrogen-bond acceptors (Lipinski definition) is 4. The number of ether oxygens (including phenoxy) is 1. The second-order valence-corrected chi connectivity index (χ2v) is 9.74. The highest BCUT2D eigenvalue weighted by Gasteiger charge is 2.33. The lowest BCUT2D eigenvalue weighted by molar-refractivity contribution is -0.144. The third-order valence-corrected chi connectivity index (χ3v) is 7.49. The molecule has 35 heavy (non-hydrogen) atoms. The van der Waals surface area contributed by atoms with E-state index in [1.165, 1.54) is 11.1 Å². The Labute approximate surface area is 206 Å². The number of carbonyl (C=O) groups is 3. The normalized spacial score (nSPS) is 20.7. The van der Waals surface area contributed by atoms with Crippen LogP contribution in [0.3, 0.4) is 0 Å². The SMILES string of the molecule is CCC(C)[C@H](NC(=O)[C@@H]1CCC[C@H](NC(=O)OCC2c3ccccc3-c3ccccc32)C1)C(=O)O. The molecule has 1 saturated carbocycles. The van der Waals surface area contributed by atoms with Crippen molar-refractivity contribution in [3.05, 3.63) is 59.7 Å². The molecule has 7 heteroatoms. The van der Waals surface area contributed by atoms with Crippen LogP contribution in [0, 0.1) is 11.8 Å². The van der Waals surface area contributed by atoms with Crippen molar-refractivity contribution in [1.29, 1.82) is 0 Å². The highest BCUT2D eigenvalue weighted by Crippen LogP contribution is 2.44. The van der Waals surface area contributed by atoms with Crippen molar-refractivity contribution in [2.45, 2.75) is 64.0 Å². The fourth-order valence-electron chi connectivity index (χ4n) is 5.32. The quantitative estimate of drug-likeness (QED) is 0.510. The van der Waals surface area contributed by atoms with Crippen LogP contribution < -0.4 is 10.6 Å². The molecule has 0 spiro atoms. The number of nitrogens with one attached hydrogen (secondary N) is 2. The minimum Gasteiger partial charge on any atom is -0.480 e. The minimum absolute atomic E-state index is 0.00783. The Hall–Kier alpha value is -3.35. The topological polar surface area (TPSA) is 105 Å². The molecular formula is C28H34N2O5. The van der Waals surface area contributed by atoms with E-state index in [9.17, 15) is 19.5 Å². The first-order chi connectivity index (χ1) is 16.9. The molecule has 0 aliphatic heterocycles. The maximum atomic E-state index is 12.8. The average molecular weight is 479 g/mol. The Balaban J connectivity index is 1.32. The minimum atomic E-state index is -1.02. The van der Waals surface area contributed by atoms with Gasteiger partial charge in [0, 0.05) is 17.9 Å². The van der Waals surface area contributed by atoms with Gasteiger partial charge in [0.25, 0.3) is 0 Å². The van der Waals surface area contributed by atoms with Gasteiger partial charge in [0.15, 0.2) is 0 Å². The molecule has 4 atom stereocenters. The lowest BCUT2D eigenvalue weighted by Crippen LogP contribution is -2.49. The molecule has 1 unspecified atom stereocenters. The van der Waals surface area contributed by atoms with Crippen molar-refractivity contribution in [2.24, 2.45) is 11.8 Å². The van der Waals surface area contributed by atoms with Crippen molar-refractivity contribution in [2.75, 3.05) is 6.61 Å². The van der Waals surface area contributed by atoms with Crippen LogP contribution in [0.15, 0.2) is 48.5 Å². The number of carbonyl (C=O) groups excluding carboxylic acids is 2. The first-order valence-electron chi connectivity index (χ1n) is 12.5. The zero-order chi connectivity index (χ0) is 24.9. The Morgan fingerprint density at radius 3 is 2.26 bits per heavy atom. The summed E-state index contributed by atoms with van der Waals surface area (Å²) in [6, 6.07) is 15.3. The molecule has 0 aromatic heterocycles. The molecule has 0 radical (unpaired) electrons. The zero-order valence-corrected chi connectivity index (χ0v) is 20.3. The van der Waals surface area contributed by atoms with Gasteiger partial charge in [0.1, 0.15) is 12.6 Å². The maximum absolute atomic E-state index is 12.8. The molecule has 2 aliphatic rings. The van der Waals surface area contributed by atoms with Gasteiger partial charge in [-0.15, -0.1) is 0 Å². The largest absolute Gasteiger partial charge is 0.480 e. The van der Waals surface area contributed by atoms with E-state index in [0.29, 0.717) is 19.3 Å². The van der Waals surface area contributed by atoms with Crippen LogP contribution >= 0.6 is 0 Å². The monoisotopic (exact) mass is 478 g/mol. The number of alkyl carbamates (subject to hydrolysis) is 1. The van der Waals surface area contributed by atoms with Crippen molar-refractivity contribution in [1.82, 2.24) is 10.6 Å². The summed E-state index contributed by atoms with van der Waals surface area (Å²) in [6.07, 6.45) is 2.88. The predicted octanol–water partition coefficient (Wildman–Crippen LogP) is 4.70. The highest BCUT2D eigenvalue weighted by atomic mass is 16.5. The summed E-state index contributed by atoms with van der Waals surface area (Å²) < 4.78 is 5.65. The number of rotatable bonds is 8. The first kappa shape index (κ1) is 24.8. The number of benzene rings is 2. The van der Waals surface area contributed by atoms with E-state index in [4.69, 9.17) is 4.74 Å². The standard InChI is InChI=1S/C28H34N2O5/c1-3-17(2)25(27(32)33)30-26(31)18-9-8-10-19(15-18)29-28(34)35-16-24-22-13-6-4-11-20(22)21-12-5-7-14-23(21)24/h4-7,11-14,17-19,24-25H,3,8-10,15-16H2,1-2H3,(H,29,34)(H,30,31)(H,32,33)/t17?,18-,19+,25+/m1/s1. The van der Waals surface area contributed by atoms with Gasteiger partial charge in [-0.1, -0.05) is 75.2 Å². The summed E-state index contributed by atoms with van der Waals surface area (Å²) in [7, 11) is 0. The summed E-state index contributed by atoms with van der Waals surface area (Å²) in [6.45, 7) is 3.97. The van der Waals surface area contributed by atoms with Gasteiger partial charge in [-0.3, -0.25) is 4.79 Å². The van der Waals surface area contributed by atoms with Gasteiger partial charge in [0.2, 0.25) is 5.91 Å². The molecule has 2 aromatic carbocycles. The van der Waals surface area contributed by atoms with E-state index in [-0.39, 0.29) is 36.3 Å². The second kappa shape index (κ2) is 10.9. The fourth-order valence-corrected chi connectivity index (χ4v) is 5.32. The van der Waals surface area contributed by atoms with Gasteiger partial charge in [-0.05, 0) is 47.4 Å². The zero-order valence-electron chi connectivity index (χ0n) is 20.3. The van der Waals surface area contributed by atoms with Gasteiger partial charge in [-0.25, -0.2) is 9.59 Å². The van der Waals surface area contributed by atoms with Crippen molar-refractivity contribution in [3.8, 4) is 11.1 Å². The number of fused-ring (bicyclic) bond motifs is 3. The van der Waals surface area contributed by atoms with Crippen LogP contribution in [0.2, 0.25) is 0 Å². The molecule has 2 aliphatic carbocycles. The van der Waals surface area contributed by atoms with Crippen LogP contribution in [-0.2, 0) is 14.3 Å². The third-order valence-electron chi connectivity index (χ3n) is 7.49. The average Bonchev–Trinajstić information content (AvgIpc) is 3.19. The molecule has 0 bridgehead atoms. The number of aliphatic carboxylic acids is 1. The lowest BCUT2D eigenvalue weighted by atomic mass is 9.84. The predicted molar refractivity (Wildman–Crippen MR) is 133 cm³/mol. The van der Waals surface area contributed by atoms with Gasteiger partial charge >= 0.3 is 12.1 Å². The molecule has 2 aromatic rings. The molecule has 1 fully saturated rings. The number of hydrogen-bond donors (Lipinski definition) is 3. The smallest absolute Gasteiger partial charge is 0.407 e. The molecule has 3 N–H and O–H groups in total. The lowest BCUT2D eigenvalue weighted by Gasteiger charge is -2.30. The highest BCUT2D eigenvalue weighted by molar-refractivity contribution is 5.85. The van der Waals surface area contributed by atoms with E-state index in [0.717, 1.165) is 24.0 Å². The van der Waals surface area contributed by atoms with Gasteiger partial charge < -0.3 is 20.5 Å². The summed E-state index contributed by atoms with van der Waals surface area (Å²) in [4.78, 5) is 37.0. The summed E-state index contributed by atoms with van der Waals surface area (Å²) in [5, 5.41) is 15.1. The number of carboxylic acid groups (broad SMARTS) is 1. The first-order valence-corrected chi connectivity index (χ1v) is 12.5. The molecular weight excluding hydrogens is 444 g/mol. The Bertz CT molecular complexity index is 1040.